The highest BCUT2D eigenvalue weighted by atomic mass is 16.6. The van der Waals surface area contributed by atoms with Crippen LogP contribution in [0.15, 0.2) is 12.1 Å². The number of nitrogens with zero attached hydrogens (tertiary/aromatic N) is 2. The number of fused-ring (bicyclic) bond motifs is 2. The topological polar surface area (TPSA) is 62.3 Å². The van der Waals surface area contributed by atoms with E-state index in [2.05, 4.69) is 16.5 Å². The third kappa shape index (κ3) is 1.62. The highest BCUT2D eigenvalue weighted by Gasteiger charge is 2.18. The molecule has 1 atom stereocenters. The molecule has 2 N–H and O–H groups in total. The monoisotopic (exact) mass is 247 g/mol. The minimum absolute atomic E-state index is 0.0868. The van der Waals surface area contributed by atoms with Crippen LogP contribution in [0.4, 0.5) is 0 Å². The number of benzene rings is 1. The van der Waals surface area contributed by atoms with Crippen LogP contribution in [0.2, 0.25) is 0 Å². The van der Waals surface area contributed by atoms with Crippen LogP contribution in [0.5, 0.6) is 11.5 Å². The Kier molecular flexibility index (Phi) is 2.63. The van der Waals surface area contributed by atoms with Gasteiger partial charge < -0.3 is 19.8 Å². The van der Waals surface area contributed by atoms with Gasteiger partial charge in [-0.1, -0.05) is 0 Å². The summed E-state index contributed by atoms with van der Waals surface area (Å²) in [6, 6.07) is 3.84. The van der Waals surface area contributed by atoms with Crippen molar-refractivity contribution in [3.05, 3.63) is 18.0 Å². The maximum absolute atomic E-state index is 5.96. The second-order valence-corrected chi connectivity index (χ2v) is 4.49. The molecule has 0 saturated carbocycles. The molecule has 0 saturated heterocycles. The molecule has 5 heteroatoms. The average molecular weight is 247 g/mol. The Labute approximate surface area is 106 Å². The van der Waals surface area contributed by atoms with Crippen molar-refractivity contribution < 1.29 is 9.47 Å². The zero-order valence-electron chi connectivity index (χ0n) is 10.6. The Morgan fingerprint density at radius 1 is 1.33 bits per heavy atom. The van der Waals surface area contributed by atoms with Gasteiger partial charge in [-0.2, -0.15) is 0 Å². The summed E-state index contributed by atoms with van der Waals surface area (Å²) < 4.78 is 13.3. The molecule has 0 radical (unpaired) electrons. The second kappa shape index (κ2) is 4.17. The van der Waals surface area contributed by atoms with E-state index in [9.17, 15) is 0 Å². The van der Waals surface area contributed by atoms with Crippen LogP contribution >= 0.6 is 0 Å². The normalized spacial score (nSPS) is 15.9. The van der Waals surface area contributed by atoms with E-state index in [-0.39, 0.29) is 6.04 Å². The lowest BCUT2D eigenvalue weighted by Crippen LogP contribution is -2.15. The lowest BCUT2D eigenvalue weighted by molar-refractivity contribution is 0.172. The Morgan fingerprint density at radius 2 is 2.00 bits per heavy atom. The van der Waals surface area contributed by atoms with E-state index in [4.69, 9.17) is 15.2 Å². The minimum Gasteiger partial charge on any atom is -0.486 e. The summed E-state index contributed by atoms with van der Waals surface area (Å²) in [4.78, 5) is 4.59. The van der Waals surface area contributed by atoms with Crippen molar-refractivity contribution in [1.82, 2.24) is 9.55 Å². The molecule has 1 aromatic carbocycles. The van der Waals surface area contributed by atoms with E-state index < -0.39 is 0 Å². The second-order valence-electron chi connectivity index (χ2n) is 4.49. The molecule has 0 amide bonds. The molecule has 0 fully saturated rings. The zero-order valence-corrected chi connectivity index (χ0v) is 10.6. The first-order chi connectivity index (χ1) is 8.70. The Balaban J connectivity index is 2.24. The number of hydrogen-bond acceptors (Lipinski definition) is 4. The van der Waals surface area contributed by atoms with Crippen LogP contribution in [0.25, 0.3) is 11.0 Å². The summed E-state index contributed by atoms with van der Waals surface area (Å²) in [5, 5.41) is 0. The molecule has 1 aromatic heterocycles. The van der Waals surface area contributed by atoms with E-state index in [0.29, 0.717) is 13.2 Å². The summed E-state index contributed by atoms with van der Waals surface area (Å²) >= 11 is 0. The summed E-state index contributed by atoms with van der Waals surface area (Å²) in [5.74, 6) is 2.46. The average Bonchev–Trinajstić information content (AvgIpc) is 2.73. The zero-order chi connectivity index (χ0) is 12.7. The predicted molar refractivity (Wildman–Crippen MR) is 69.0 cm³/mol. The van der Waals surface area contributed by atoms with Gasteiger partial charge in [0.25, 0.3) is 0 Å². The number of aryl methyl sites for hydroxylation is 1. The van der Waals surface area contributed by atoms with Crippen molar-refractivity contribution in [2.75, 3.05) is 13.2 Å². The van der Waals surface area contributed by atoms with Crippen molar-refractivity contribution in [3.63, 3.8) is 0 Å². The molecule has 0 bridgehead atoms. The van der Waals surface area contributed by atoms with E-state index >= 15 is 0 Å². The highest BCUT2D eigenvalue weighted by molar-refractivity contribution is 5.81. The molecular weight excluding hydrogens is 230 g/mol. The smallest absolute Gasteiger partial charge is 0.163 e. The Hall–Kier alpha value is -1.75. The lowest BCUT2D eigenvalue weighted by Gasteiger charge is -2.18. The fourth-order valence-electron chi connectivity index (χ4n) is 2.36. The van der Waals surface area contributed by atoms with E-state index in [1.165, 1.54) is 0 Å². The maximum atomic E-state index is 5.96. The van der Waals surface area contributed by atoms with Gasteiger partial charge in [-0.3, -0.25) is 0 Å². The summed E-state index contributed by atoms with van der Waals surface area (Å²) in [6.45, 7) is 6.06. The van der Waals surface area contributed by atoms with Gasteiger partial charge in [-0.25, -0.2) is 4.98 Å². The predicted octanol–water partition coefficient (Wildman–Crippen LogP) is 1.85. The van der Waals surface area contributed by atoms with Crippen molar-refractivity contribution in [2.45, 2.75) is 26.4 Å². The van der Waals surface area contributed by atoms with Gasteiger partial charge in [0.1, 0.15) is 19.0 Å². The molecule has 5 nitrogen and oxygen atoms in total. The number of nitrogens with two attached hydrogens (primary N) is 1. The Morgan fingerprint density at radius 3 is 2.61 bits per heavy atom. The van der Waals surface area contributed by atoms with Gasteiger partial charge in [0.2, 0.25) is 0 Å². The number of ether oxygens (including phenoxy) is 2. The SMILES string of the molecule is CCn1c(C(C)N)nc2cc3c(cc21)OCCO3. The fraction of sp³-hybridized carbons (Fsp3) is 0.462. The van der Waals surface area contributed by atoms with E-state index in [0.717, 1.165) is 34.9 Å². The van der Waals surface area contributed by atoms with Gasteiger partial charge in [0.15, 0.2) is 11.5 Å². The van der Waals surface area contributed by atoms with Gasteiger partial charge in [0.05, 0.1) is 17.1 Å². The van der Waals surface area contributed by atoms with Gasteiger partial charge in [-0.05, 0) is 13.8 Å². The Bertz CT molecular complexity index is 589. The molecular formula is C13H17N3O2. The van der Waals surface area contributed by atoms with Crippen LogP contribution < -0.4 is 15.2 Å². The number of hydrogen-bond donors (Lipinski definition) is 1. The fourth-order valence-corrected chi connectivity index (χ4v) is 2.36. The molecule has 2 aromatic rings. The lowest BCUT2D eigenvalue weighted by atomic mass is 10.2. The van der Waals surface area contributed by atoms with Crippen molar-refractivity contribution >= 4 is 11.0 Å². The highest BCUT2D eigenvalue weighted by Crippen LogP contribution is 2.35. The molecule has 1 aliphatic heterocycles. The standard InChI is InChI=1S/C13H17N3O2/c1-3-16-10-7-12-11(17-4-5-18-12)6-9(10)15-13(16)8(2)14/h6-8H,3-5,14H2,1-2H3. The number of imidazole rings is 1. The minimum atomic E-state index is -0.0868. The summed E-state index contributed by atoms with van der Waals surface area (Å²) in [6.07, 6.45) is 0. The maximum Gasteiger partial charge on any atom is 0.163 e. The quantitative estimate of drug-likeness (QED) is 0.879. The third-order valence-electron chi connectivity index (χ3n) is 3.17. The van der Waals surface area contributed by atoms with Gasteiger partial charge in [0, 0.05) is 18.7 Å². The number of rotatable bonds is 2. The molecule has 2 heterocycles. The molecule has 96 valence electrons. The molecule has 1 unspecified atom stereocenters. The molecule has 1 aliphatic rings. The number of aromatic nitrogens is 2. The van der Waals surface area contributed by atoms with Crippen LogP contribution in [0.1, 0.15) is 25.7 Å². The molecule has 0 aliphatic carbocycles. The molecule has 3 rings (SSSR count). The van der Waals surface area contributed by atoms with E-state index in [1.807, 2.05) is 19.1 Å². The van der Waals surface area contributed by atoms with Gasteiger partial charge in [-0.15, -0.1) is 0 Å². The first kappa shape index (κ1) is 11.3. The third-order valence-corrected chi connectivity index (χ3v) is 3.17. The largest absolute Gasteiger partial charge is 0.486 e. The van der Waals surface area contributed by atoms with Crippen LogP contribution in [0, 0.1) is 0 Å². The summed E-state index contributed by atoms with van der Waals surface area (Å²) in [7, 11) is 0. The van der Waals surface area contributed by atoms with Crippen molar-refractivity contribution in [3.8, 4) is 11.5 Å². The van der Waals surface area contributed by atoms with Gasteiger partial charge >= 0.3 is 0 Å². The van der Waals surface area contributed by atoms with E-state index in [1.54, 1.807) is 0 Å². The first-order valence-corrected chi connectivity index (χ1v) is 6.26. The molecule has 0 spiro atoms. The van der Waals surface area contributed by atoms with Crippen LogP contribution in [0.3, 0.4) is 0 Å². The first-order valence-electron chi connectivity index (χ1n) is 6.26. The van der Waals surface area contributed by atoms with Crippen LogP contribution in [-0.4, -0.2) is 22.8 Å². The van der Waals surface area contributed by atoms with Crippen molar-refractivity contribution in [1.29, 1.82) is 0 Å². The molecule has 18 heavy (non-hydrogen) atoms. The van der Waals surface area contributed by atoms with Crippen molar-refractivity contribution in [2.24, 2.45) is 5.73 Å². The van der Waals surface area contributed by atoms with Crippen LogP contribution in [-0.2, 0) is 6.54 Å². The summed E-state index contributed by atoms with van der Waals surface area (Å²) in [5.41, 5.74) is 7.92.